The van der Waals surface area contributed by atoms with E-state index in [-0.39, 0.29) is 12.2 Å². The molecule has 0 saturated heterocycles. The number of ether oxygens (including phenoxy) is 1. The molecular formula is C22H27N3O3S. The quantitative estimate of drug-likeness (QED) is 0.415. The monoisotopic (exact) mass is 413 g/mol. The first-order valence-corrected chi connectivity index (χ1v) is 10.9. The third-order valence-corrected chi connectivity index (χ3v) is 5.69. The molecule has 2 heterocycles. The molecule has 0 spiro atoms. The molecule has 6 nitrogen and oxygen atoms in total. The Balaban J connectivity index is 2.20. The molecule has 29 heavy (non-hydrogen) atoms. The van der Waals surface area contributed by atoms with Crippen molar-refractivity contribution in [3.8, 4) is 0 Å². The van der Waals surface area contributed by atoms with E-state index in [1.165, 1.54) is 17.3 Å². The number of hydrogen-bond acceptors (Lipinski definition) is 6. The Hall–Kier alpha value is -2.54. The second kappa shape index (κ2) is 8.86. The lowest BCUT2D eigenvalue weighted by Crippen LogP contribution is -2.31. The van der Waals surface area contributed by atoms with Crippen LogP contribution in [-0.4, -0.2) is 28.3 Å². The van der Waals surface area contributed by atoms with Crippen LogP contribution in [0.4, 0.5) is 5.82 Å². The van der Waals surface area contributed by atoms with Crippen molar-refractivity contribution in [1.82, 2.24) is 9.97 Å². The number of carbonyl (C=O) groups excluding carboxylic acids is 1. The molecule has 0 fully saturated rings. The van der Waals surface area contributed by atoms with Gasteiger partial charge in [-0.3, -0.25) is 4.79 Å². The second-order valence-corrected chi connectivity index (χ2v) is 8.46. The fraction of sp³-hybridized carbons (Fsp3) is 0.409. The van der Waals surface area contributed by atoms with Gasteiger partial charge in [0.05, 0.1) is 23.7 Å². The number of esters is 1. The largest absolute Gasteiger partial charge is 0.463 e. The standard InChI is InChI=1S/C22H27N3O3S/c1-6-28-21(27)16-13(5)23-19-18(20(26)25-22(24-19)29-7-2)17(16)15-10-8-14(9-11-15)12(3)4/h8-12,17H,6-7H2,1-5H3,(H2,23,24,25,26). The van der Waals surface area contributed by atoms with Crippen LogP contribution in [-0.2, 0) is 9.53 Å². The summed E-state index contributed by atoms with van der Waals surface area (Å²) < 4.78 is 5.31. The molecule has 0 saturated carbocycles. The zero-order chi connectivity index (χ0) is 21.1. The van der Waals surface area contributed by atoms with Gasteiger partial charge in [0.15, 0.2) is 5.16 Å². The maximum Gasteiger partial charge on any atom is 0.336 e. The number of nitrogens with zero attached hydrogens (tertiary/aromatic N) is 1. The van der Waals surface area contributed by atoms with Crippen LogP contribution in [0.2, 0.25) is 0 Å². The zero-order valence-corrected chi connectivity index (χ0v) is 18.3. The minimum Gasteiger partial charge on any atom is -0.463 e. The Morgan fingerprint density at radius 2 is 1.93 bits per heavy atom. The highest BCUT2D eigenvalue weighted by molar-refractivity contribution is 7.99. The van der Waals surface area contributed by atoms with E-state index in [0.717, 1.165) is 11.3 Å². The first-order valence-electron chi connectivity index (χ1n) is 9.89. The first kappa shape index (κ1) is 21.2. The molecule has 0 radical (unpaired) electrons. The summed E-state index contributed by atoms with van der Waals surface area (Å²) in [5.41, 5.74) is 3.35. The van der Waals surface area contributed by atoms with Crippen molar-refractivity contribution >= 4 is 23.5 Å². The SMILES string of the molecule is CCOC(=O)C1=C(C)Nc2nc(SCC)[nH]c(=O)c2C1c1ccc(C(C)C)cc1. The van der Waals surface area contributed by atoms with Crippen molar-refractivity contribution in [2.75, 3.05) is 17.7 Å². The molecule has 1 aliphatic heterocycles. The van der Waals surface area contributed by atoms with Gasteiger partial charge < -0.3 is 15.0 Å². The number of anilines is 1. The highest BCUT2D eigenvalue weighted by Gasteiger charge is 2.36. The lowest BCUT2D eigenvalue weighted by molar-refractivity contribution is -0.138. The van der Waals surface area contributed by atoms with Crippen molar-refractivity contribution in [3.05, 3.63) is 62.6 Å². The number of thioether (sulfide) groups is 1. The van der Waals surface area contributed by atoms with Crippen molar-refractivity contribution in [2.45, 2.75) is 51.6 Å². The summed E-state index contributed by atoms with van der Waals surface area (Å²) >= 11 is 1.47. The van der Waals surface area contributed by atoms with E-state index in [9.17, 15) is 9.59 Å². The van der Waals surface area contributed by atoms with Crippen LogP contribution in [0.1, 0.15) is 63.1 Å². The minimum absolute atomic E-state index is 0.245. The molecule has 1 aromatic carbocycles. The Morgan fingerprint density at radius 3 is 2.52 bits per heavy atom. The number of carbonyl (C=O) groups is 1. The third-order valence-electron chi connectivity index (χ3n) is 4.93. The summed E-state index contributed by atoms with van der Waals surface area (Å²) in [6.45, 7) is 10.1. The van der Waals surface area contributed by atoms with Crippen molar-refractivity contribution in [1.29, 1.82) is 0 Å². The molecule has 3 rings (SSSR count). The number of rotatable bonds is 6. The maximum atomic E-state index is 13.0. The molecule has 0 bridgehead atoms. The number of benzene rings is 1. The Kier molecular flexibility index (Phi) is 6.47. The van der Waals surface area contributed by atoms with Gasteiger partial charge in [-0.05, 0) is 36.6 Å². The van der Waals surface area contributed by atoms with Crippen LogP contribution in [0.15, 0.2) is 45.5 Å². The summed E-state index contributed by atoms with van der Waals surface area (Å²) in [5, 5.41) is 3.71. The van der Waals surface area contributed by atoms with E-state index in [2.05, 4.69) is 29.1 Å². The number of H-pyrrole nitrogens is 1. The predicted octanol–water partition coefficient (Wildman–Crippen LogP) is 4.40. The highest BCUT2D eigenvalue weighted by Crippen LogP contribution is 2.40. The summed E-state index contributed by atoms with van der Waals surface area (Å²) in [4.78, 5) is 33.3. The normalized spacial score (nSPS) is 15.9. The topological polar surface area (TPSA) is 84.1 Å². The minimum atomic E-state index is -0.538. The second-order valence-electron chi connectivity index (χ2n) is 7.20. The lowest BCUT2D eigenvalue weighted by atomic mass is 9.81. The molecule has 1 aliphatic rings. The predicted molar refractivity (Wildman–Crippen MR) is 117 cm³/mol. The summed E-state index contributed by atoms with van der Waals surface area (Å²) in [6, 6.07) is 8.05. The fourth-order valence-corrected chi connectivity index (χ4v) is 4.12. The molecule has 0 amide bonds. The van der Waals surface area contributed by atoms with E-state index >= 15 is 0 Å². The van der Waals surface area contributed by atoms with Crippen molar-refractivity contribution < 1.29 is 9.53 Å². The zero-order valence-electron chi connectivity index (χ0n) is 17.5. The number of allylic oxidation sites excluding steroid dienone is 1. The Bertz CT molecular complexity index is 993. The van der Waals surface area contributed by atoms with E-state index in [4.69, 9.17) is 4.74 Å². The average Bonchev–Trinajstić information content (AvgIpc) is 2.67. The number of nitrogens with one attached hydrogen (secondary N) is 2. The summed E-state index contributed by atoms with van der Waals surface area (Å²) in [7, 11) is 0. The van der Waals surface area contributed by atoms with Crippen LogP contribution >= 0.6 is 11.8 Å². The molecule has 2 aromatic rings. The van der Waals surface area contributed by atoms with Gasteiger partial charge in [-0.2, -0.15) is 0 Å². The van der Waals surface area contributed by atoms with Crippen LogP contribution in [0, 0.1) is 0 Å². The lowest BCUT2D eigenvalue weighted by Gasteiger charge is -2.29. The molecule has 7 heteroatoms. The van der Waals surface area contributed by atoms with E-state index in [0.29, 0.717) is 33.7 Å². The van der Waals surface area contributed by atoms with Gasteiger partial charge in [-0.1, -0.05) is 56.8 Å². The molecule has 154 valence electrons. The average molecular weight is 414 g/mol. The number of hydrogen-bond donors (Lipinski definition) is 2. The fourth-order valence-electron chi connectivity index (χ4n) is 3.52. The summed E-state index contributed by atoms with van der Waals surface area (Å²) in [5.74, 6) is 0.721. The number of fused-ring (bicyclic) bond motifs is 1. The van der Waals surface area contributed by atoms with Crippen LogP contribution in [0.5, 0.6) is 0 Å². The van der Waals surface area contributed by atoms with Crippen LogP contribution in [0.25, 0.3) is 0 Å². The third kappa shape index (κ3) is 4.24. The Labute approximate surface area is 175 Å². The van der Waals surface area contributed by atoms with Gasteiger partial charge in [0.2, 0.25) is 0 Å². The van der Waals surface area contributed by atoms with Gasteiger partial charge in [0, 0.05) is 5.70 Å². The van der Waals surface area contributed by atoms with Gasteiger partial charge in [0.25, 0.3) is 5.56 Å². The van der Waals surface area contributed by atoms with Gasteiger partial charge in [-0.15, -0.1) is 0 Å². The van der Waals surface area contributed by atoms with Gasteiger partial charge in [0.1, 0.15) is 5.82 Å². The number of aromatic nitrogens is 2. The molecule has 1 unspecified atom stereocenters. The van der Waals surface area contributed by atoms with E-state index in [1.54, 1.807) is 6.92 Å². The molecule has 0 aliphatic carbocycles. The highest BCUT2D eigenvalue weighted by atomic mass is 32.2. The van der Waals surface area contributed by atoms with Gasteiger partial charge >= 0.3 is 5.97 Å². The molecule has 1 atom stereocenters. The van der Waals surface area contributed by atoms with Gasteiger partial charge in [-0.25, -0.2) is 9.78 Å². The summed E-state index contributed by atoms with van der Waals surface area (Å²) in [6.07, 6.45) is 0. The molecule has 1 aromatic heterocycles. The van der Waals surface area contributed by atoms with Crippen LogP contribution < -0.4 is 10.9 Å². The Morgan fingerprint density at radius 1 is 1.24 bits per heavy atom. The smallest absolute Gasteiger partial charge is 0.336 e. The van der Waals surface area contributed by atoms with Crippen LogP contribution in [0.3, 0.4) is 0 Å². The molecular weight excluding hydrogens is 386 g/mol. The van der Waals surface area contributed by atoms with E-state index in [1.807, 2.05) is 38.1 Å². The molecule has 2 N–H and O–H groups in total. The first-order chi connectivity index (χ1) is 13.9. The number of aromatic amines is 1. The van der Waals surface area contributed by atoms with Crippen molar-refractivity contribution in [3.63, 3.8) is 0 Å². The van der Waals surface area contributed by atoms with Crippen molar-refractivity contribution in [2.24, 2.45) is 0 Å². The van der Waals surface area contributed by atoms with E-state index < -0.39 is 11.9 Å². The maximum absolute atomic E-state index is 13.0.